The quantitative estimate of drug-likeness (QED) is 0.558. The van der Waals surface area contributed by atoms with Gasteiger partial charge in [0.1, 0.15) is 6.54 Å². The van der Waals surface area contributed by atoms with Crippen molar-refractivity contribution in [3.8, 4) is 6.07 Å². The molecule has 0 aliphatic carbocycles. The summed E-state index contributed by atoms with van der Waals surface area (Å²) in [5.41, 5.74) is 0.724. The zero-order chi connectivity index (χ0) is 8.10. The van der Waals surface area contributed by atoms with Gasteiger partial charge < -0.3 is 4.90 Å². The zero-order valence-electron chi connectivity index (χ0n) is 6.90. The number of nitriles is 1. The molecule has 0 unspecified atom stereocenters. The fraction of sp³-hybridized carbons (Fsp3) is 0.667. The van der Waals surface area contributed by atoms with Gasteiger partial charge in [-0.25, -0.2) is 0 Å². The van der Waals surface area contributed by atoms with E-state index in [0.717, 1.165) is 12.1 Å². The minimum atomic E-state index is 0.724. The fourth-order valence-corrected chi connectivity index (χ4v) is 1.57. The van der Waals surface area contributed by atoms with E-state index in [0.29, 0.717) is 0 Å². The number of nitrogens with one attached hydrogen (secondary N) is 1. The Bertz CT molecular complexity index is 172. The average Bonchev–Trinajstić information content (AvgIpc) is 2.06. The Labute approximate surface area is 68.1 Å². The Hall–Kier alpha value is -0.810. The van der Waals surface area contributed by atoms with Gasteiger partial charge in [-0.15, -0.1) is 0 Å². The zero-order valence-corrected chi connectivity index (χ0v) is 6.90. The van der Waals surface area contributed by atoms with Crippen LogP contribution in [0, 0.1) is 11.3 Å². The maximum Gasteiger partial charge on any atom is 0.112 e. The number of hydrogen-bond donors (Lipinski definition) is 1. The van der Waals surface area contributed by atoms with Crippen molar-refractivity contribution < 1.29 is 4.90 Å². The van der Waals surface area contributed by atoms with E-state index >= 15 is 0 Å². The van der Waals surface area contributed by atoms with Gasteiger partial charge in [0, 0.05) is 0 Å². The SMILES string of the molecule is C=C(C#N)C[NH+]1CCCCC1. The summed E-state index contributed by atoms with van der Waals surface area (Å²) in [6, 6.07) is 2.10. The summed E-state index contributed by atoms with van der Waals surface area (Å²) in [5.74, 6) is 0. The van der Waals surface area contributed by atoms with Crippen LogP contribution < -0.4 is 4.90 Å². The van der Waals surface area contributed by atoms with Gasteiger partial charge in [0.15, 0.2) is 0 Å². The molecule has 1 fully saturated rings. The van der Waals surface area contributed by atoms with Crippen molar-refractivity contribution >= 4 is 0 Å². The monoisotopic (exact) mass is 151 g/mol. The van der Waals surface area contributed by atoms with E-state index in [1.165, 1.54) is 37.3 Å². The molecule has 0 saturated carbocycles. The third-order valence-corrected chi connectivity index (χ3v) is 2.18. The van der Waals surface area contributed by atoms with Gasteiger partial charge in [-0.1, -0.05) is 6.58 Å². The van der Waals surface area contributed by atoms with Crippen LogP contribution in [-0.4, -0.2) is 19.6 Å². The van der Waals surface area contributed by atoms with Gasteiger partial charge in [0.2, 0.25) is 0 Å². The van der Waals surface area contributed by atoms with Gasteiger partial charge in [-0.05, 0) is 19.3 Å². The molecule has 11 heavy (non-hydrogen) atoms. The van der Waals surface area contributed by atoms with E-state index in [9.17, 15) is 0 Å². The molecule has 0 aromatic rings. The third kappa shape index (κ3) is 2.73. The highest BCUT2D eigenvalue weighted by Gasteiger charge is 2.13. The summed E-state index contributed by atoms with van der Waals surface area (Å²) in [5, 5.41) is 8.50. The lowest BCUT2D eigenvalue weighted by molar-refractivity contribution is -0.899. The molecule has 0 spiro atoms. The van der Waals surface area contributed by atoms with Crippen LogP contribution in [-0.2, 0) is 0 Å². The summed E-state index contributed by atoms with van der Waals surface area (Å²) < 4.78 is 0. The molecule has 0 aromatic carbocycles. The Morgan fingerprint density at radius 1 is 1.36 bits per heavy atom. The van der Waals surface area contributed by atoms with Crippen molar-refractivity contribution in [2.24, 2.45) is 0 Å². The molecule has 1 aliphatic heterocycles. The van der Waals surface area contributed by atoms with E-state index < -0.39 is 0 Å². The molecule has 60 valence electrons. The first kappa shape index (κ1) is 8.29. The fourth-order valence-electron chi connectivity index (χ4n) is 1.57. The maximum atomic E-state index is 8.50. The predicted molar refractivity (Wildman–Crippen MR) is 44.2 cm³/mol. The largest absolute Gasteiger partial charge is 0.331 e. The van der Waals surface area contributed by atoms with E-state index in [4.69, 9.17) is 5.26 Å². The highest BCUT2D eigenvalue weighted by atomic mass is 15.1. The third-order valence-electron chi connectivity index (χ3n) is 2.18. The lowest BCUT2D eigenvalue weighted by atomic mass is 10.1. The summed E-state index contributed by atoms with van der Waals surface area (Å²) >= 11 is 0. The molecular formula is C9H15N2+. The van der Waals surface area contributed by atoms with Crippen LogP contribution >= 0.6 is 0 Å². The highest BCUT2D eigenvalue weighted by Crippen LogP contribution is 1.94. The van der Waals surface area contributed by atoms with E-state index in [-0.39, 0.29) is 0 Å². The standard InChI is InChI=1S/C9H14N2/c1-9(7-10)8-11-5-3-2-4-6-11/h1-6,8H2/p+1. The van der Waals surface area contributed by atoms with Crippen LogP contribution in [0.25, 0.3) is 0 Å². The van der Waals surface area contributed by atoms with Crippen molar-refractivity contribution in [2.45, 2.75) is 19.3 Å². The molecule has 0 atom stereocenters. The van der Waals surface area contributed by atoms with Crippen LogP contribution in [0.5, 0.6) is 0 Å². The molecule has 0 bridgehead atoms. The van der Waals surface area contributed by atoms with Gasteiger partial charge in [-0.2, -0.15) is 5.26 Å². The lowest BCUT2D eigenvalue weighted by Crippen LogP contribution is -3.12. The van der Waals surface area contributed by atoms with Crippen LogP contribution in [0.4, 0.5) is 0 Å². The van der Waals surface area contributed by atoms with Crippen molar-refractivity contribution in [3.05, 3.63) is 12.2 Å². The minimum absolute atomic E-state index is 0.724. The number of rotatable bonds is 2. The molecule has 0 amide bonds. The Kier molecular flexibility index (Phi) is 3.13. The number of piperidine rings is 1. The van der Waals surface area contributed by atoms with Crippen molar-refractivity contribution in [1.29, 1.82) is 5.26 Å². The van der Waals surface area contributed by atoms with Gasteiger partial charge in [-0.3, -0.25) is 0 Å². The summed E-state index contributed by atoms with van der Waals surface area (Å²) in [4.78, 5) is 1.53. The Morgan fingerprint density at radius 2 is 2.00 bits per heavy atom. The first-order valence-electron chi connectivity index (χ1n) is 4.24. The average molecular weight is 151 g/mol. The van der Waals surface area contributed by atoms with Crippen molar-refractivity contribution in [2.75, 3.05) is 19.6 Å². The number of quaternary nitrogens is 1. The normalized spacial score (nSPS) is 19.2. The van der Waals surface area contributed by atoms with Crippen molar-refractivity contribution in [1.82, 2.24) is 0 Å². The molecule has 2 heteroatoms. The first-order valence-corrected chi connectivity index (χ1v) is 4.24. The second-order valence-electron chi connectivity index (χ2n) is 3.20. The summed E-state index contributed by atoms with van der Waals surface area (Å²) in [6.07, 6.45) is 3.99. The molecule has 1 rings (SSSR count). The van der Waals surface area contributed by atoms with Crippen LogP contribution in [0.15, 0.2) is 12.2 Å². The van der Waals surface area contributed by atoms with Crippen molar-refractivity contribution in [3.63, 3.8) is 0 Å². The maximum absolute atomic E-state index is 8.50. The van der Waals surface area contributed by atoms with Crippen LogP contribution in [0.1, 0.15) is 19.3 Å². The summed E-state index contributed by atoms with van der Waals surface area (Å²) in [6.45, 7) is 6.99. The number of hydrogen-bond acceptors (Lipinski definition) is 1. The predicted octanol–water partition coefficient (Wildman–Crippen LogP) is 0.135. The second kappa shape index (κ2) is 4.15. The number of likely N-dealkylation sites (tertiary alicyclic amines) is 1. The molecular weight excluding hydrogens is 136 g/mol. The highest BCUT2D eigenvalue weighted by molar-refractivity contribution is 5.15. The Morgan fingerprint density at radius 3 is 2.55 bits per heavy atom. The lowest BCUT2D eigenvalue weighted by Gasteiger charge is -2.22. The topological polar surface area (TPSA) is 28.2 Å². The summed E-state index contributed by atoms with van der Waals surface area (Å²) in [7, 11) is 0. The first-order chi connectivity index (χ1) is 5.33. The molecule has 1 aliphatic rings. The van der Waals surface area contributed by atoms with E-state index in [2.05, 4.69) is 12.6 Å². The van der Waals surface area contributed by atoms with E-state index in [1.54, 1.807) is 0 Å². The van der Waals surface area contributed by atoms with Crippen LogP contribution in [0.2, 0.25) is 0 Å². The molecule has 2 nitrogen and oxygen atoms in total. The minimum Gasteiger partial charge on any atom is -0.331 e. The van der Waals surface area contributed by atoms with E-state index in [1.807, 2.05) is 0 Å². The Balaban J connectivity index is 2.25. The molecule has 1 N–H and O–H groups in total. The van der Waals surface area contributed by atoms with Gasteiger partial charge in [0.05, 0.1) is 24.7 Å². The second-order valence-corrected chi connectivity index (χ2v) is 3.20. The molecule has 1 saturated heterocycles. The number of nitrogens with zero attached hydrogens (tertiary/aromatic N) is 1. The van der Waals surface area contributed by atoms with Gasteiger partial charge in [0.25, 0.3) is 0 Å². The molecule has 1 heterocycles. The molecule has 0 radical (unpaired) electrons. The van der Waals surface area contributed by atoms with Gasteiger partial charge >= 0.3 is 0 Å². The smallest absolute Gasteiger partial charge is 0.112 e. The molecule has 0 aromatic heterocycles. The van der Waals surface area contributed by atoms with Crippen LogP contribution in [0.3, 0.4) is 0 Å².